The highest BCUT2D eigenvalue weighted by atomic mass is 32.1. The Morgan fingerprint density at radius 2 is 2.27 bits per heavy atom. The van der Waals surface area contributed by atoms with Crippen molar-refractivity contribution in [2.24, 2.45) is 5.41 Å². The van der Waals surface area contributed by atoms with Crippen molar-refractivity contribution in [1.29, 1.82) is 0 Å². The van der Waals surface area contributed by atoms with Gasteiger partial charge in [0.25, 0.3) is 0 Å². The number of aryl methyl sites for hydroxylation is 2. The number of aromatic nitrogens is 1. The summed E-state index contributed by atoms with van der Waals surface area (Å²) in [5.74, 6) is 0. The molecule has 0 aliphatic carbocycles. The number of aliphatic hydroxyl groups excluding tert-OH is 1. The van der Waals surface area contributed by atoms with Crippen molar-refractivity contribution < 1.29 is 9.90 Å². The number of nitrogens with zero attached hydrogens (tertiary/aromatic N) is 2. The molecule has 0 radical (unpaired) electrons. The highest BCUT2D eigenvalue weighted by molar-refractivity contribution is 7.11. The summed E-state index contributed by atoms with van der Waals surface area (Å²) in [6.07, 6.45) is 1.96. The van der Waals surface area contributed by atoms with Gasteiger partial charge in [0.2, 0.25) is 0 Å². The summed E-state index contributed by atoms with van der Waals surface area (Å²) < 4.78 is 0. The van der Waals surface area contributed by atoms with Crippen LogP contribution in [0.5, 0.6) is 0 Å². The first-order chi connectivity index (χ1) is 10.3. The number of carbonyl (C=O) groups is 1. The number of amides is 2. The van der Waals surface area contributed by atoms with Crippen molar-refractivity contribution in [1.82, 2.24) is 15.2 Å². The molecule has 124 valence electrons. The molecule has 2 rings (SSSR count). The van der Waals surface area contributed by atoms with Crippen molar-refractivity contribution in [2.75, 3.05) is 13.1 Å². The highest BCUT2D eigenvalue weighted by Gasteiger charge is 2.31. The molecule has 1 saturated heterocycles. The highest BCUT2D eigenvalue weighted by Crippen LogP contribution is 2.28. The number of nitrogens with one attached hydrogen (secondary N) is 1. The number of likely N-dealkylation sites (tertiary alicyclic amines) is 1. The summed E-state index contributed by atoms with van der Waals surface area (Å²) in [5.41, 5.74) is 1.03. The SMILES string of the molecule is CCc1nc(C)sc1CNC(=O)N1CC[C@H](O)CC(C)(C)C1. The van der Waals surface area contributed by atoms with Gasteiger partial charge in [0.05, 0.1) is 23.4 Å². The molecule has 1 atom stereocenters. The topological polar surface area (TPSA) is 65.5 Å². The van der Waals surface area contributed by atoms with Gasteiger partial charge in [-0.2, -0.15) is 0 Å². The normalized spacial score (nSPS) is 21.5. The Bertz CT molecular complexity index is 527. The molecule has 1 aromatic heterocycles. The lowest BCUT2D eigenvalue weighted by Crippen LogP contribution is -2.43. The van der Waals surface area contributed by atoms with Crippen LogP contribution in [0.15, 0.2) is 0 Å². The van der Waals surface area contributed by atoms with Gasteiger partial charge in [-0.15, -0.1) is 11.3 Å². The minimum atomic E-state index is -0.316. The third-order valence-corrected chi connectivity index (χ3v) is 5.06. The van der Waals surface area contributed by atoms with Gasteiger partial charge >= 0.3 is 6.03 Å². The molecule has 0 bridgehead atoms. The van der Waals surface area contributed by atoms with Crippen LogP contribution in [0.2, 0.25) is 0 Å². The van der Waals surface area contributed by atoms with Gasteiger partial charge in [-0.1, -0.05) is 20.8 Å². The number of thiazole rings is 1. The van der Waals surface area contributed by atoms with E-state index in [-0.39, 0.29) is 17.6 Å². The molecule has 22 heavy (non-hydrogen) atoms. The fourth-order valence-corrected chi connectivity index (χ4v) is 4.04. The average Bonchev–Trinajstić information content (AvgIpc) is 2.72. The van der Waals surface area contributed by atoms with Gasteiger partial charge in [-0.05, 0) is 31.6 Å². The van der Waals surface area contributed by atoms with E-state index in [1.54, 1.807) is 11.3 Å². The predicted octanol–water partition coefficient (Wildman–Crippen LogP) is 2.71. The van der Waals surface area contributed by atoms with Gasteiger partial charge in [0.15, 0.2) is 0 Å². The van der Waals surface area contributed by atoms with Crippen molar-refractivity contribution in [3.05, 3.63) is 15.6 Å². The van der Waals surface area contributed by atoms with E-state index in [4.69, 9.17) is 0 Å². The second-order valence-electron chi connectivity index (χ2n) is 6.85. The van der Waals surface area contributed by atoms with Gasteiger partial charge < -0.3 is 15.3 Å². The molecule has 1 fully saturated rings. The Balaban J connectivity index is 1.96. The quantitative estimate of drug-likeness (QED) is 0.898. The number of carbonyl (C=O) groups excluding carboxylic acids is 1. The van der Waals surface area contributed by atoms with Gasteiger partial charge in [0.1, 0.15) is 0 Å². The van der Waals surface area contributed by atoms with E-state index in [1.165, 1.54) is 0 Å². The monoisotopic (exact) mass is 325 g/mol. The summed E-state index contributed by atoms with van der Waals surface area (Å²) in [7, 11) is 0. The first kappa shape index (κ1) is 17.2. The third kappa shape index (κ3) is 4.43. The van der Waals surface area contributed by atoms with Gasteiger partial charge in [-0.25, -0.2) is 9.78 Å². The third-order valence-electron chi connectivity index (χ3n) is 4.05. The molecule has 6 heteroatoms. The van der Waals surface area contributed by atoms with Crippen molar-refractivity contribution in [2.45, 2.75) is 59.6 Å². The lowest BCUT2D eigenvalue weighted by Gasteiger charge is -2.29. The zero-order valence-electron chi connectivity index (χ0n) is 14.0. The maximum atomic E-state index is 12.4. The van der Waals surface area contributed by atoms with Crippen molar-refractivity contribution in [3.63, 3.8) is 0 Å². The molecule has 1 aliphatic heterocycles. The van der Waals surface area contributed by atoms with Crippen molar-refractivity contribution >= 4 is 17.4 Å². The molecule has 2 amide bonds. The van der Waals surface area contributed by atoms with Crippen LogP contribution in [0.25, 0.3) is 0 Å². The van der Waals surface area contributed by atoms with E-state index >= 15 is 0 Å². The van der Waals surface area contributed by atoms with E-state index in [0.29, 0.717) is 26.1 Å². The lowest BCUT2D eigenvalue weighted by molar-refractivity contribution is 0.121. The van der Waals surface area contributed by atoms with E-state index in [1.807, 2.05) is 11.8 Å². The largest absolute Gasteiger partial charge is 0.393 e. The average molecular weight is 325 g/mol. The lowest BCUT2D eigenvalue weighted by atomic mass is 9.87. The first-order valence-corrected chi connectivity index (χ1v) is 8.78. The molecule has 0 unspecified atom stereocenters. The number of hydrogen-bond donors (Lipinski definition) is 2. The number of rotatable bonds is 3. The first-order valence-electron chi connectivity index (χ1n) is 7.97. The second-order valence-corrected chi connectivity index (χ2v) is 8.14. The molecular formula is C16H27N3O2S. The predicted molar refractivity (Wildman–Crippen MR) is 89.1 cm³/mol. The number of aliphatic hydroxyl groups is 1. The Kier molecular flexibility index (Phi) is 5.45. The van der Waals surface area contributed by atoms with E-state index in [2.05, 4.69) is 31.1 Å². The van der Waals surface area contributed by atoms with E-state index in [0.717, 1.165) is 28.4 Å². The van der Waals surface area contributed by atoms with Gasteiger partial charge in [-0.3, -0.25) is 0 Å². The summed E-state index contributed by atoms with van der Waals surface area (Å²) in [5, 5.41) is 14.0. The maximum Gasteiger partial charge on any atom is 0.317 e. The zero-order chi connectivity index (χ0) is 16.3. The van der Waals surface area contributed by atoms with Crippen molar-refractivity contribution in [3.8, 4) is 0 Å². The van der Waals surface area contributed by atoms with Crippen LogP contribution in [0.4, 0.5) is 4.79 Å². The molecule has 0 aromatic carbocycles. The Morgan fingerprint density at radius 1 is 1.55 bits per heavy atom. The Labute approximate surface area is 136 Å². The minimum Gasteiger partial charge on any atom is -0.393 e. The maximum absolute atomic E-state index is 12.4. The second kappa shape index (κ2) is 6.96. The molecular weight excluding hydrogens is 298 g/mol. The number of hydrogen-bond acceptors (Lipinski definition) is 4. The summed E-state index contributed by atoms with van der Waals surface area (Å²) >= 11 is 1.65. The van der Waals surface area contributed by atoms with Crippen LogP contribution in [0, 0.1) is 12.3 Å². The van der Waals surface area contributed by atoms with E-state index < -0.39 is 0 Å². The summed E-state index contributed by atoms with van der Waals surface area (Å²) in [6.45, 7) is 10.1. The summed E-state index contributed by atoms with van der Waals surface area (Å²) in [4.78, 5) is 19.9. The van der Waals surface area contributed by atoms with Crippen LogP contribution >= 0.6 is 11.3 Å². The minimum absolute atomic E-state index is 0.0460. The Morgan fingerprint density at radius 3 is 2.95 bits per heavy atom. The standard InChI is InChI=1S/C16H27N3O2S/c1-5-13-14(22-11(2)18-13)9-17-15(21)19-7-6-12(20)8-16(3,4)10-19/h12,20H,5-10H2,1-4H3,(H,17,21)/t12-/m0/s1. The fourth-order valence-electron chi connectivity index (χ4n) is 3.07. The smallest absolute Gasteiger partial charge is 0.317 e. The molecule has 0 spiro atoms. The molecule has 1 aromatic rings. The molecule has 1 aliphatic rings. The van der Waals surface area contributed by atoms with Crippen LogP contribution in [0.1, 0.15) is 49.2 Å². The van der Waals surface area contributed by atoms with E-state index in [9.17, 15) is 9.90 Å². The summed E-state index contributed by atoms with van der Waals surface area (Å²) in [6, 6.07) is -0.0460. The Hall–Kier alpha value is -1.14. The van der Waals surface area contributed by atoms with Crippen LogP contribution in [-0.2, 0) is 13.0 Å². The fraction of sp³-hybridized carbons (Fsp3) is 0.750. The van der Waals surface area contributed by atoms with Gasteiger partial charge in [0, 0.05) is 18.0 Å². The van der Waals surface area contributed by atoms with Crippen LogP contribution in [-0.4, -0.2) is 40.2 Å². The van der Waals surface area contributed by atoms with Crippen LogP contribution in [0.3, 0.4) is 0 Å². The molecule has 2 heterocycles. The molecule has 2 N–H and O–H groups in total. The number of urea groups is 1. The zero-order valence-corrected chi connectivity index (χ0v) is 14.8. The molecule has 0 saturated carbocycles. The molecule has 5 nitrogen and oxygen atoms in total. The van der Waals surface area contributed by atoms with Crippen LogP contribution < -0.4 is 5.32 Å².